The molecule has 4 heteroatoms. The summed E-state index contributed by atoms with van der Waals surface area (Å²) in [6, 6.07) is 6.65. The monoisotopic (exact) mass is 296 g/mol. The van der Waals surface area contributed by atoms with Crippen LogP contribution in [-0.2, 0) is 4.74 Å². The molecule has 1 aliphatic rings. The molecule has 0 saturated carbocycles. The Morgan fingerprint density at radius 1 is 1.41 bits per heavy atom. The fraction of sp³-hybridized carbons (Fsp3) is 0.462. The maximum atomic E-state index is 5.38. The summed E-state index contributed by atoms with van der Waals surface area (Å²) in [6.07, 6.45) is 2.98. The third-order valence-electron chi connectivity index (χ3n) is 2.81. The lowest BCUT2D eigenvalue weighted by Gasteiger charge is -2.09. The molecule has 1 aliphatic heterocycles. The number of nitrogens with zero attached hydrogens (tertiary/aromatic N) is 2. The number of ether oxygens (including phenoxy) is 1. The van der Waals surface area contributed by atoms with Crippen LogP contribution in [0.15, 0.2) is 28.9 Å². The molecular formula is C13H17BrN2O. The van der Waals surface area contributed by atoms with Gasteiger partial charge >= 0.3 is 0 Å². The van der Waals surface area contributed by atoms with Gasteiger partial charge in [-0.1, -0.05) is 29.8 Å². The Morgan fingerprint density at radius 2 is 2.24 bits per heavy atom. The van der Waals surface area contributed by atoms with Crippen LogP contribution < -0.4 is 0 Å². The smallest absolute Gasteiger partial charge is 0.0781 e. The van der Waals surface area contributed by atoms with Gasteiger partial charge in [-0.15, -0.1) is 0 Å². The summed E-state index contributed by atoms with van der Waals surface area (Å²) in [6.45, 7) is 5.63. The van der Waals surface area contributed by atoms with Crippen LogP contribution in [0.4, 0.5) is 0 Å². The summed E-state index contributed by atoms with van der Waals surface area (Å²) < 4.78 is 8.56. The van der Waals surface area contributed by atoms with E-state index in [0.717, 1.165) is 24.1 Å². The summed E-state index contributed by atoms with van der Waals surface area (Å²) in [4.78, 5) is 0. The lowest BCUT2D eigenvalue weighted by atomic mass is 10.2. The van der Waals surface area contributed by atoms with Crippen molar-refractivity contribution in [2.45, 2.75) is 26.3 Å². The molecule has 92 valence electrons. The second-order valence-electron chi connectivity index (χ2n) is 3.81. The van der Waals surface area contributed by atoms with Crippen molar-refractivity contribution in [1.82, 2.24) is 9.78 Å². The normalized spacial score (nSPS) is 19.1. The van der Waals surface area contributed by atoms with Crippen molar-refractivity contribution in [2.75, 3.05) is 13.2 Å². The van der Waals surface area contributed by atoms with Gasteiger partial charge < -0.3 is 4.74 Å². The van der Waals surface area contributed by atoms with Gasteiger partial charge in [-0.3, -0.25) is 4.68 Å². The molecule has 17 heavy (non-hydrogen) atoms. The molecule has 1 unspecified atom stereocenters. The average Bonchev–Trinajstić information content (AvgIpc) is 2.98. The molecule has 0 spiro atoms. The molecule has 1 atom stereocenters. The van der Waals surface area contributed by atoms with E-state index in [0.29, 0.717) is 6.04 Å². The molecular weight excluding hydrogens is 280 g/mol. The highest BCUT2D eigenvalue weighted by atomic mass is 79.9. The summed E-state index contributed by atoms with van der Waals surface area (Å²) >= 11 is 3.46. The number of halogens is 1. The molecule has 1 aromatic carbocycles. The molecule has 0 aliphatic carbocycles. The Bertz CT molecular complexity index is 489. The first kappa shape index (κ1) is 12.6. The standard InChI is InChI=1S/C11H11BrN2O.C2H6/c12-9-1-2-11-8(5-9)6-13-14(11)10-3-4-15-7-10;1-2/h1-2,5-6,10H,3-4,7H2;1-2H3. The first-order valence-electron chi connectivity index (χ1n) is 6.05. The molecule has 0 radical (unpaired) electrons. The van der Waals surface area contributed by atoms with E-state index in [1.165, 1.54) is 10.9 Å². The minimum absolute atomic E-state index is 0.406. The Kier molecular flexibility index (Phi) is 4.18. The number of aromatic nitrogens is 2. The van der Waals surface area contributed by atoms with Crippen LogP contribution in [0.1, 0.15) is 26.3 Å². The number of benzene rings is 1. The van der Waals surface area contributed by atoms with Gasteiger partial charge in [0.05, 0.1) is 24.4 Å². The second-order valence-corrected chi connectivity index (χ2v) is 4.73. The Morgan fingerprint density at radius 3 is 2.94 bits per heavy atom. The largest absolute Gasteiger partial charge is 0.379 e. The van der Waals surface area contributed by atoms with Crippen molar-refractivity contribution < 1.29 is 4.74 Å². The molecule has 0 N–H and O–H groups in total. The van der Waals surface area contributed by atoms with Crippen LogP contribution in [0.5, 0.6) is 0 Å². The summed E-state index contributed by atoms with van der Waals surface area (Å²) in [5.74, 6) is 0. The second kappa shape index (κ2) is 5.65. The van der Waals surface area contributed by atoms with Crippen molar-refractivity contribution >= 4 is 26.8 Å². The maximum absolute atomic E-state index is 5.38. The Labute approximate surface area is 110 Å². The molecule has 2 heterocycles. The van der Waals surface area contributed by atoms with Crippen LogP contribution >= 0.6 is 15.9 Å². The first-order chi connectivity index (χ1) is 8.34. The van der Waals surface area contributed by atoms with Gasteiger partial charge in [-0.2, -0.15) is 5.10 Å². The lowest BCUT2D eigenvalue weighted by molar-refractivity contribution is 0.185. The summed E-state index contributed by atoms with van der Waals surface area (Å²) in [7, 11) is 0. The van der Waals surface area contributed by atoms with Gasteiger partial charge in [0.1, 0.15) is 0 Å². The highest BCUT2D eigenvalue weighted by Crippen LogP contribution is 2.25. The fourth-order valence-electron chi connectivity index (χ4n) is 2.03. The number of hydrogen-bond acceptors (Lipinski definition) is 2. The Balaban J connectivity index is 0.000000514. The molecule has 1 saturated heterocycles. The van der Waals surface area contributed by atoms with Gasteiger partial charge in [0.2, 0.25) is 0 Å². The maximum Gasteiger partial charge on any atom is 0.0781 e. The van der Waals surface area contributed by atoms with Crippen LogP contribution in [0.3, 0.4) is 0 Å². The van der Waals surface area contributed by atoms with E-state index in [-0.39, 0.29) is 0 Å². The molecule has 3 rings (SSSR count). The third kappa shape index (κ3) is 2.53. The summed E-state index contributed by atoms with van der Waals surface area (Å²) in [5.41, 5.74) is 1.19. The van der Waals surface area contributed by atoms with E-state index in [1.807, 2.05) is 20.0 Å². The fourth-order valence-corrected chi connectivity index (χ4v) is 2.41. The van der Waals surface area contributed by atoms with E-state index < -0.39 is 0 Å². The van der Waals surface area contributed by atoms with Crippen LogP contribution in [0.2, 0.25) is 0 Å². The van der Waals surface area contributed by atoms with E-state index in [4.69, 9.17) is 4.74 Å². The number of rotatable bonds is 1. The molecule has 1 aromatic heterocycles. The predicted octanol–water partition coefficient (Wildman–Crippen LogP) is 3.79. The topological polar surface area (TPSA) is 27.1 Å². The highest BCUT2D eigenvalue weighted by molar-refractivity contribution is 9.10. The van der Waals surface area contributed by atoms with E-state index >= 15 is 0 Å². The van der Waals surface area contributed by atoms with Crippen LogP contribution in [0.25, 0.3) is 10.9 Å². The van der Waals surface area contributed by atoms with Crippen molar-refractivity contribution in [3.63, 3.8) is 0 Å². The quantitative estimate of drug-likeness (QED) is 0.801. The molecule has 2 aromatic rings. The highest BCUT2D eigenvalue weighted by Gasteiger charge is 2.19. The average molecular weight is 297 g/mol. The Hall–Kier alpha value is -0.870. The predicted molar refractivity (Wildman–Crippen MR) is 73.3 cm³/mol. The van der Waals surface area contributed by atoms with Crippen molar-refractivity contribution in [1.29, 1.82) is 0 Å². The molecule has 3 nitrogen and oxygen atoms in total. The zero-order chi connectivity index (χ0) is 12.3. The first-order valence-corrected chi connectivity index (χ1v) is 6.84. The van der Waals surface area contributed by atoms with Crippen LogP contribution in [0, 0.1) is 0 Å². The minimum Gasteiger partial charge on any atom is -0.379 e. The number of hydrogen-bond donors (Lipinski definition) is 0. The van der Waals surface area contributed by atoms with Gasteiger partial charge in [0, 0.05) is 16.5 Å². The van der Waals surface area contributed by atoms with Gasteiger partial charge in [0.25, 0.3) is 0 Å². The van der Waals surface area contributed by atoms with Crippen molar-refractivity contribution in [3.8, 4) is 0 Å². The van der Waals surface area contributed by atoms with Gasteiger partial charge in [-0.05, 0) is 24.6 Å². The lowest BCUT2D eigenvalue weighted by Crippen LogP contribution is -2.09. The molecule has 0 bridgehead atoms. The van der Waals surface area contributed by atoms with E-state index in [1.54, 1.807) is 0 Å². The number of fused-ring (bicyclic) bond motifs is 1. The third-order valence-corrected chi connectivity index (χ3v) is 3.30. The van der Waals surface area contributed by atoms with E-state index in [2.05, 4.69) is 43.9 Å². The minimum atomic E-state index is 0.406. The zero-order valence-corrected chi connectivity index (χ0v) is 11.8. The van der Waals surface area contributed by atoms with Gasteiger partial charge in [-0.25, -0.2) is 0 Å². The zero-order valence-electron chi connectivity index (χ0n) is 10.2. The van der Waals surface area contributed by atoms with Crippen LogP contribution in [-0.4, -0.2) is 23.0 Å². The summed E-state index contributed by atoms with van der Waals surface area (Å²) in [5, 5.41) is 5.61. The SMILES string of the molecule is Brc1ccc2c(cnn2C2CCOC2)c1.CC. The van der Waals surface area contributed by atoms with E-state index in [9.17, 15) is 0 Å². The van der Waals surface area contributed by atoms with Crippen molar-refractivity contribution in [2.24, 2.45) is 0 Å². The molecule has 1 fully saturated rings. The van der Waals surface area contributed by atoms with Gasteiger partial charge in [0.15, 0.2) is 0 Å². The molecule has 0 amide bonds. The van der Waals surface area contributed by atoms with Crippen molar-refractivity contribution in [3.05, 3.63) is 28.9 Å².